The van der Waals surface area contributed by atoms with Crippen molar-refractivity contribution in [1.82, 2.24) is 5.32 Å². The van der Waals surface area contributed by atoms with Gasteiger partial charge in [0.2, 0.25) is 0 Å². The molecule has 0 aliphatic heterocycles. The second kappa shape index (κ2) is 6.85. The third kappa shape index (κ3) is 3.29. The van der Waals surface area contributed by atoms with Crippen molar-refractivity contribution in [3.63, 3.8) is 0 Å². The molecule has 0 aromatic heterocycles. The number of benzene rings is 3. The lowest BCUT2D eigenvalue weighted by molar-refractivity contribution is 0.0939. The highest BCUT2D eigenvalue weighted by Gasteiger charge is 2.16. The van der Waals surface area contributed by atoms with E-state index in [-0.39, 0.29) is 11.9 Å². The highest BCUT2D eigenvalue weighted by atomic mass is 16.5. The topological polar surface area (TPSA) is 64.3 Å². The third-order valence-electron chi connectivity index (χ3n) is 4.46. The van der Waals surface area contributed by atoms with Gasteiger partial charge >= 0.3 is 0 Å². The molecule has 25 heavy (non-hydrogen) atoms. The molecule has 0 radical (unpaired) electrons. The third-order valence-corrected chi connectivity index (χ3v) is 4.46. The first-order valence-electron chi connectivity index (χ1n) is 8.24. The number of nitrogens with one attached hydrogen (secondary N) is 1. The van der Waals surface area contributed by atoms with Gasteiger partial charge in [0.25, 0.3) is 5.91 Å². The molecule has 0 saturated heterocycles. The summed E-state index contributed by atoms with van der Waals surface area (Å²) < 4.78 is 5.44. The van der Waals surface area contributed by atoms with E-state index in [0.29, 0.717) is 11.3 Å². The summed E-state index contributed by atoms with van der Waals surface area (Å²) in [5.74, 6) is 0.696. The Bertz CT molecular complexity index is 934. The summed E-state index contributed by atoms with van der Waals surface area (Å²) in [4.78, 5) is 12.7. The zero-order chi connectivity index (χ0) is 18.0. The second-order valence-electron chi connectivity index (χ2n) is 6.17. The molecule has 3 aromatic rings. The Morgan fingerprint density at radius 2 is 1.80 bits per heavy atom. The molecule has 0 unspecified atom stereocenters. The van der Waals surface area contributed by atoms with Crippen LogP contribution in [0.2, 0.25) is 0 Å². The lowest BCUT2D eigenvalue weighted by Gasteiger charge is -2.18. The highest BCUT2D eigenvalue weighted by Crippen LogP contribution is 2.31. The van der Waals surface area contributed by atoms with Crippen LogP contribution in [0.4, 0.5) is 5.69 Å². The summed E-state index contributed by atoms with van der Waals surface area (Å²) in [6.45, 7) is 3.88. The fourth-order valence-electron chi connectivity index (χ4n) is 3.09. The fourth-order valence-corrected chi connectivity index (χ4v) is 3.09. The van der Waals surface area contributed by atoms with Gasteiger partial charge < -0.3 is 15.8 Å². The molecular formula is C21H22N2O2. The SMILES string of the molecule is COc1ccc([C@@H](C)NC(=O)c2cc(N)ccc2C)c2ccccc12. The minimum absolute atomic E-state index is 0.128. The molecule has 1 atom stereocenters. The van der Waals surface area contributed by atoms with E-state index < -0.39 is 0 Å². The predicted molar refractivity (Wildman–Crippen MR) is 102 cm³/mol. The first-order valence-corrected chi connectivity index (χ1v) is 8.24. The molecule has 0 aliphatic carbocycles. The molecule has 4 heteroatoms. The number of rotatable bonds is 4. The number of methoxy groups -OCH3 is 1. The van der Waals surface area contributed by atoms with Gasteiger partial charge in [0.15, 0.2) is 0 Å². The summed E-state index contributed by atoms with van der Waals surface area (Å²) in [7, 11) is 1.66. The Balaban J connectivity index is 1.94. The lowest BCUT2D eigenvalue weighted by atomic mass is 9.98. The highest BCUT2D eigenvalue weighted by molar-refractivity contribution is 5.97. The van der Waals surface area contributed by atoms with Gasteiger partial charge in [-0.2, -0.15) is 0 Å². The van der Waals surface area contributed by atoms with Gasteiger partial charge in [-0.25, -0.2) is 0 Å². The Morgan fingerprint density at radius 3 is 2.52 bits per heavy atom. The van der Waals surface area contributed by atoms with Crippen molar-refractivity contribution >= 4 is 22.4 Å². The molecule has 0 heterocycles. The van der Waals surface area contributed by atoms with Gasteiger partial charge in [-0.3, -0.25) is 4.79 Å². The zero-order valence-electron chi connectivity index (χ0n) is 14.7. The minimum atomic E-state index is -0.149. The average molecular weight is 334 g/mol. The largest absolute Gasteiger partial charge is 0.496 e. The Kier molecular flexibility index (Phi) is 4.61. The summed E-state index contributed by atoms with van der Waals surface area (Å²) >= 11 is 0. The van der Waals surface area contributed by atoms with Gasteiger partial charge in [-0.05, 0) is 48.6 Å². The van der Waals surface area contributed by atoms with Crippen molar-refractivity contribution in [2.75, 3.05) is 12.8 Å². The molecule has 4 nitrogen and oxygen atoms in total. The van der Waals surface area contributed by atoms with Crippen molar-refractivity contribution < 1.29 is 9.53 Å². The maximum Gasteiger partial charge on any atom is 0.252 e. The molecule has 0 saturated carbocycles. The van der Waals surface area contributed by atoms with Crippen LogP contribution < -0.4 is 15.8 Å². The maximum absolute atomic E-state index is 12.7. The fraction of sp³-hybridized carbons (Fsp3) is 0.190. The Hall–Kier alpha value is -3.01. The predicted octanol–water partition coefficient (Wildman–Crippen LogP) is 4.23. The van der Waals surface area contributed by atoms with Crippen molar-refractivity contribution in [1.29, 1.82) is 0 Å². The summed E-state index contributed by atoms with van der Waals surface area (Å²) in [5, 5.41) is 5.17. The van der Waals surface area contributed by atoms with E-state index in [1.165, 1.54) is 0 Å². The average Bonchev–Trinajstić information content (AvgIpc) is 2.62. The summed E-state index contributed by atoms with van der Waals surface area (Å²) in [5.41, 5.74) is 8.95. The second-order valence-corrected chi connectivity index (χ2v) is 6.17. The van der Waals surface area contributed by atoms with E-state index in [4.69, 9.17) is 10.5 Å². The van der Waals surface area contributed by atoms with Crippen molar-refractivity contribution in [2.24, 2.45) is 0 Å². The first-order chi connectivity index (χ1) is 12.0. The van der Waals surface area contributed by atoms with Crippen LogP contribution in [0.15, 0.2) is 54.6 Å². The van der Waals surface area contributed by atoms with Crippen LogP contribution in [0.1, 0.15) is 34.5 Å². The monoisotopic (exact) mass is 334 g/mol. The quantitative estimate of drug-likeness (QED) is 0.702. The van der Waals surface area contributed by atoms with E-state index in [9.17, 15) is 4.79 Å². The number of aryl methyl sites for hydroxylation is 1. The van der Waals surface area contributed by atoms with E-state index in [1.54, 1.807) is 19.2 Å². The van der Waals surface area contributed by atoms with Gasteiger partial charge in [-0.1, -0.05) is 36.4 Å². The van der Waals surface area contributed by atoms with Crippen LogP contribution in [0, 0.1) is 6.92 Å². The molecule has 3 N–H and O–H groups in total. The Morgan fingerprint density at radius 1 is 1.08 bits per heavy atom. The van der Waals surface area contributed by atoms with E-state index in [1.807, 2.05) is 56.3 Å². The summed E-state index contributed by atoms with van der Waals surface area (Å²) in [6.07, 6.45) is 0. The van der Waals surface area contributed by atoms with Crippen LogP contribution in [0.3, 0.4) is 0 Å². The normalized spacial score (nSPS) is 12.0. The lowest BCUT2D eigenvalue weighted by Crippen LogP contribution is -2.27. The van der Waals surface area contributed by atoms with E-state index >= 15 is 0 Å². The molecule has 0 aliphatic rings. The van der Waals surface area contributed by atoms with Crippen LogP contribution in [-0.4, -0.2) is 13.0 Å². The molecular weight excluding hydrogens is 312 g/mol. The van der Waals surface area contributed by atoms with Crippen LogP contribution in [-0.2, 0) is 0 Å². The van der Waals surface area contributed by atoms with Crippen molar-refractivity contribution in [3.8, 4) is 5.75 Å². The molecule has 0 bridgehead atoms. The van der Waals surface area contributed by atoms with Crippen molar-refractivity contribution in [2.45, 2.75) is 19.9 Å². The van der Waals surface area contributed by atoms with Crippen LogP contribution in [0.25, 0.3) is 10.8 Å². The number of nitrogen functional groups attached to an aromatic ring is 1. The summed E-state index contributed by atoms with van der Waals surface area (Å²) in [6, 6.07) is 17.2. The number of hydrogen-bond donors (Lipinski definition) is 2. The smallest absolute Gasteiger partial charge is 0.252 e. The standard InChI is InChI=1S/C21H22N2O2/c1-13-8-9-15(22)12-19(13)21(24)23-14(2)16-10-11-20(25-3)18-7-5-4-6-17(16)18/h4-12,14H,22H2,1-3H3,(H,23,24)/t14-/m1/s1. The van der Waals surface area contributed by atoms with Gasteiger partial charge in [0.05, 0.1) is 13.2 Å². The van der Waals surface area contributed by atoms with E-state index in [0.717, 1.165) is 27.6 Å². The van der Waals surface area contributed by atoms with Gasteiger partial charge in [0, 0.05) is 16.6 Å². The molecule has 3 aromatic carbocycles. The number of anilines is 1. The molecule has 1 amide bonds. The van der Waals surface area contributed by atoms with Gasteiger partial charge in [0.1, 0.15) is 5.75 Å². The molecule has 0 spiro atoms. The van der Waals surface area contributed by atoms with E-state index in [2.05, 4.69) is 5.32 Å². The maximum atomic E-state index is 12.7. The number of carbonyl (C=O) groups is 1. The molecule has 3 rings (SSSR count). The van der Waals surface area contributed by atoms with Crippen LogP contribution in [0.5, 0.6) is 5.75 Å². The minimum Gasteiger partial charge on any atom is -0.496 e. The number of carbonyl (C=O) groups excluding carboxylic acids is 1. The Labute approximate surface area is 147 Å². The number of hydrogen-bond acceptors (Lipinski definition) is 3. The first kappa shape index (κ1) is 16.8. The zero-order valence-corrected chi connectivity index (χ0v) is 14.7. The number of ether oxygens (including phenoxy) is 1. The van der Waals surface area contributed by atoms with Crippen LogP contribution >= 0.6 is 0 Å². The number of fused-ring (bicyclic) bond motifs is 1. The van der Waals surface area contributed by atoms with Crippen molar-refractivity contribution in [3.05, 3.63) is 71.3 Å². The number of nitrogens with two attached hydrogens (primary N) is 1. The molecule has 128 valence electrons. The number of amides is 1. The van der Waals surface area contributed by atoms with Gasteiger partial charge in [-0.15, -0.1) is 0 Å². The molecule has 0 fully saturated rings.